The Morgan fingerprint density at radius 2 is 2.04 bits per heavy atom. The molecule has 2 aromatic heterocycles. The molecular formula is C19H18F3N3O2. The molecule has 0 bridgehead atoms. The van der Waals surface area contributed by atoms with Crippen LogP contribution in [0.2, 0.25) is 0 Å². The quantitative estimate of drug-likeness (QED) is 0.824. The molecule has 2 aromatic rings. The first-order valence-electron chi connectivity index (χ1n) is 8.84. The second-order valence-electron chi connectivity index (χ2n) is 6.83. The Balaban J connectivity index is 1.37. The van der Waals surface area contributed by atoms with E-state index in [-0.39, 0.29) is 23.8 Å². The van der Waals surface area contributed by atoms with E-state index in [9.17, 15) is 18.0 Å². The summed E-state index contributed by atoms with van der Waals surface area (Å²) in [4.78, 5) is 22.7. The molecule has 0 aromatic carbocycles. The lowest BCUT2D eigenvalue weighted by Gasteiger charge is -2.21. The van der Waals surface area contributed by atoms with Crippen LogP contribution in [-0.2, 0) is 17.4 Å². The van der Waals surface area contributed by atoms with Gasteiger partial charge in [-0.25, -0.2) is 4.98 Å². The zero-order valence-electron chi connectivity index (χ0n) is 14.4. The molecule has 1 fully saturated rings. The molecule has 8 heteroatoms. The lowest BCUT2D eigenvalue weighted by Crippen LogP contribution is -2.34. The van der Waals surface area contributed by atoms with Crippen LogP contribution in [0.15, 0.2) is 36.7 Å². The number of aryl methyl sites for hydroxylation is 1. The average molecular weight is 377 g/mol. The van der Waals surface area contributed by atoms with Gasteiger partial charge in [-0.3, -0.25) is 9.78 Å². The molecular weight excluding hydrogens is 359 g/mol. The molecule has 27 heavy (non-hydrogen) atoms. The topological polar surface area (TPSA) is 55.3 Å². The highest BCUT2D eigenvalue weighted by Gasteiger charge is 2.37. The van der Waals surface area contributed by atoms with Gasteiger partial charge in [0.15, 0.2) is 0 Å². The van der Waals surface area contributed by atoms with Crippen molar-refractivity contribution in [2.45, 2.75) is 37.5 Å². The Labute approximate surface area is 154 Å². The average Bonchev–Trinajstić information content (AvgIpc) is 3.28. The minimum atomic E-state index is -4.42. The van der Waals surface area contributed by atoms with Crippen LogP contribution < -0.4 is 4.74 Å². The number of halogens is 3. The number of hydrogen-bond donors (Lipinski definition) is 0. The zero-order valence-corrected chi connectivity index (χ0v) is 14.4. The summed E-state index contributed by atoms with van der Waals surface area (Å²) in [6, 6.07) is 6.04. The van der Waals surface area contributed by atoms with Gasteiger partial charge in [-0.1, -0.05) is 6.07 Å². The minimum absolute atomic E-state index is 0.0407. The van der Waals surface area contributed by atoms with E-state index in [4.69, 9.17) is 4.74 Å². The second kappa shape index (κ2) is 6.83. The summed E-state index contributed by atoms with van der Waals surface area (Å²) < 4.78 is 43.4. The zero-order chi connectivity index (χ0) is 19.0. The number of nitrogens with zero attached hydrogens (tertiary/aromatic N) is 3. The summed E-state index contributed by atoms with van der Waals surface area (Å²) in [6.07, 6.45) is -0.00596. The number of fused-ring (bicyclic) bond motifs is 1. The van der Waals surface area contributed by atoms with Crippen molar-refractivity contribution in [3.63, 3.8) is 0 Å². The monoisotopic (exact) mass is 377 g/mol. The van der Waals surface area contributed by atoms with E-state index in [0.29, 0.717) is 19.5 Å². The van der Waals surface area contributed by atoms with Crippen molar-refractivity contribution in [2.75, 3.05) is 13.1 Å². The van der Waals surface area contributed by atoms with Gasteiger partial charge in [0.2, 0.25) is 11.8 Å². The summed E-state index contributed by atoms with van der Waals surface area (Å²) in [6.45, 7) is 0.961. The molecule has 4 rings (SSSR count). The van der Waals surface area contributed by atoms with Gasteiger partial charge in [-0.15, -0.1) is 0 Å². The van der Waals surface area contributed by atoms with Crippen LogP contribution in [0.4, 0.5) is 13.2 Å². The maximum Gasteiger partial charge on any atom is 0.417 e. The summed E-state index contributed by atoms with van der Waals surface area (Å²) in [5.74, 6) is -0.0433. The fourth-order valence-corrected chi connectivity index (χ4v) is 3.69. The first kappa shape index (κ1) is 17.8. The Kier molecular flexibility index (Phi) is 4.49. The number of ether oxygens (including phenoxy) is 1. The standard InChI is InChI=1S/C19H18F3N3O2/c20-19(21,22)13-4-6-16(24-10-13)27-14-7-9-25(11-14)18(26)15-5-3-12-2-1-8-23-17(12)15/h1-2,4,6,8,10,14-15H,3,5,7,9,11H2. The second-order valence-corrected chi connectivity index (χ2v) is 6.83. The molecule has 2 atom stereocenters. The van der Waals surface area contributed by atoms with Crippen molar-refractivity contribution in [2.24, 2.45) is 0 Å². The summed E-state index contributed by atoms with van der Waals surface area (Å²) in [7, 11) is 0. The molecule has 1 amide bonds. The fourth-order valence-electron chi connectivity index (χ4n) is 3.69. The van der Waals surface area contributed by atoms with Gasteiger partial charge in [-0.2, -0.15) is 13.2 Å². The van der Waals surface area contributed by atoms with Gasteiger partial charge in [0.25, 0.3) is 0 Å². The summed E-state index contributed by atoms with van der Waals surface area (Å²) in [5, 5.41) is 0. The highest BCUT2D eigenvalue weighted by atomic mass is 19.4. The van der Waals surface area contributed by atoms with Crippen LogP contribution >= 0.6 is 0 Å². The van der Waals surface area contributed by atoms with E-state index >= 15 is 0 Å². The van der Waals surface area contributed by atoms with Crippen molar-refractivity contribution < 1.29 is 22.7 Å². The lowest BCUT2D eigenvalue weighted by atomic mass is 10.1. The number of alkyl halides is 3. The van der Waals surface area contributed by atoms with Gasteiger partial charge in [-0.05, 0) is 30.5 Å². The predicted octanol–water partition coefficient (Wildman–Crippen LogP) is 3.21. The predicted molar refractivity (Wildman–Crippen MR) is 90.2 cm³/mol. The van der Waals surface area contributed by atoms with Crippen LogP contribution in [0.5, 0.6) is 5.88 Å². The molecule has 0 radical (unpaired) electrons. The van der Waals surface area contributed by atoms with E-state index in [0.717, 1.165) is 36.4 Å². The SMILES string of the molecule is O=C(C1CCc2cccnc21)N1CCC(Oc2ccc(C(F)(F)F)cn2)C1. The molecule has 0 N–H and O–H groups in total. The smallest absolute Gasteiger partial charge is 0.417 e. The molecule has 2 aliphatic rings. The van der Waals surface area contributed by atoms with Crippen molar-refractivity contribution in [3.05, 3.63) is 53.5 Å². The highest BCUT2D eigenvalue weighted by Crippen LogP contribution is 2.34. The molecule has 5 nitrogen and oxygen atoms in total. The Morgan fingerprint density at radius 1 is 1.19 bits per heavy atom. The van der Waals surface area contributed by atoms with Crippen molar-refractivity contribution in [1.82, 2.24) is 14.9 Å². The van der Waals surface area contributed by atoms with Gasteiger partial charge in [0, 0.05) is 31.4 Å². The molecule has 3 heterocycles. The highest BCUT2D eigenvalue weighted by molar-refractivity contribution is 5.84. The largest absolute Gasteiger partial charge is 0.472 e. The van der Waals surface area contributed by atoms with E-state index in [1.807, 2.05) is 12.1 Å². The third kappa shape index (κ3) is 3.61. The van der Waals surface area contributed by atoms with Gasteiger partial charge < -0.3 is 9.64 Å². The van der Waals surface area contributed by atoms with Gasteiger partial charge >= 0.3 is 6.18 Å². The number of rotatable bonds is 3. The maximum atomic E-state index is 12.9. The van der Waals surface area contributed by atoms with Gasteiger partial charge in [0.05, 0.1) is 23.7 Å². The van der Waals surface area contributed by atoms with Crippen LogP contribution in [-0.4, -0.2) is 40.0 Å². The van der Waals surface area contributed by atoms with Crippen LogP contribution in [0.1, 0.15) is 35.6 Å². The van der Waals surface area contributed by atoms with Crippen molar-refractivity contribution in [3.8, 4) is 5.88 Å². The normalized spacial score (nSPS) is 22.0. The molecule has 1 aliphatic carbocycles. The number of carbonyl (C=O) groups excluding carboxylic acids is 1. The van der Waals surface area contributed by atoms with E-state index in [1.54, 1.807) is 11.1 Å². The molecule has 0 saturated carbocycles. The molecule has 2 unspecified atom stereocenters. The van der Waals surface area contributed by atoms with E-state index in [1.165, 1.54) is 6.07 Å². The molecule has 1 saturated heterocycles. The first-order chi connectivity index (χ1) is 12.9. The first-order valence-corrected chi connectivity index (χ1v) is 8.84. The molecule has 0 spiro atoms. The number of amides is 1. The maximum absolute atomic E-state index is 12.9. The lowest BCUT2D eigenvalue weighted by molar-refractivity contribution is -0.138. The minimum Gasteiger partial charge on any atom is -0.472 e. The molecule has 1 aliphatic heterocycles. The van der Waals surface area contributed by atoms with Gasteiger partial charge in [0.1, 0.15) is 6.10 Å². The Hall–Kier alpha value is -2.64. The number of aromatic nitrogens is 2. The van der Waals surface area contributed by atoms with E-state index in [2.05, 4.69) is 9.97 Å². The number of hydrogen-bond acceptors (Lipinski definition) is 4. The Morgan fingerprint density at radius 3 is 2.78 bits per heavy atom. The van der Waals surface area contributed by atoms with Crippen molar-refractivity contribution in [1.29, 1.82) is 0 Å². The summed E-state index contributed by atoms with van der Waals surface area (Å²) in [5.41, 5.74) is 1.17. The number of likely N-dealkylation sites (tertiary alicyclic amines) is 1. The van der Waals surface area contributed by atoms with Crippen molar-refractivity contribution >= 4 is 5.91 Å². The van der Waals surface area contributed by atoms with E-state index < -0.39 is 11.7 Å². The fraction of sp³-hybridized carbons (Fsp3) is 0.421. The van der Waals surface area contributed by atoms with Crippen LogP contribution in [0.25, 0.3) is 0 Å². The third-order valence-electron chi connectivity index (χ3n) is 5.06. The molecule has 142 valence electrons. The number of carbonyl (C=O) groups is 1. The third-order valence-corrected chi connectivity index (χ3v) is 5.06. The Bertz CT molecular complexity index is 839. The van der Waals surface area contributed by atoms with Crippen LogP contribution in [0, 0.1) is 0 Å². The number of pyridine rings is 2. The summed E-state index contributed by atoms with van der Waals surface area (Å²) >= 11 is 0. The van der Waals surface area contributed by atoms with Crippen LogP contribution in [0.3, 0.4) is 0 Å².